The monoisotopic (exact) mass is 274 g/mol. The van der Waals surface area contributed by atoms with Crippen LogP contribution in [-0.2, 0) is 23.1 Å². The van der Waals surface area contributed by atoms with E-state index >= 15 is 0 Å². The van der Waals surface area contributed by atoms with Gasteiger partial charge in [-0.2, -0.15) is 0 Å². The maximum atomic E-state index is 11.7. The highest BCUT2D eigenvalue weighted by atomic mass is 16.2. The van der Waals surface area contributed by atoms with Crippen molar-refractivity contribution < 1.29 is 9.59 Å². The first-order valence-electron chi connectivity index (χ1n) is 6.47. The van der Waals surface area contributed by atoms with Crippen molar-refractivity contribution >= 4 is 22.8 Å². The summed E-state index contributed by atoms with van der Waals surface area (Å²) in [6.07, 6.45) is 2.06. The molecule has 0 radical (unpaired) electrons. The second-order valence-electron chi connectivity index (χ2n) is 4.69. The molecule has 0 aliphatic rings. The van der Waals surface area contributed by atoms with Crippen LogP contribution in [0.25, 0.3) is 11.0 Å². The number of hydrogen-bond donors (Lipinski definition) is 2. The molecule has 0 aliphatic carbocycles. The maximum absolute atomic E-state index is 11.7. The van der Waals surface area contributed by atoms with E-state index in [4.69, 9.17) is 0 Å². The quantitative estimate of drug-likeness (QED) is 0.773. The van der Waals surface area contributed by atoms with Gasteiger partial charge in [-0.3, -0.25) is 9.59 Å². The zero-order valence-corrected chi connectivity index (χ0v) is 11.6. The molecule has 20 heavy (non-hydrogen) atoms. The lowest BCUT2D eigenvalue weighted by Gasteiger charge is -2.06. The van der Waals surface area contributed by atoms with Gasteiger partial charge in [0.05, 0.1) is 23.8 Å². The molecule has 0 spiro atoms. The Morgan fingerprint density at radius 1 is 1.25 bits per heavy atom. The van der Waals surface area contributed by atoms with Crippen molar-refractivity contribution in [3.8, 4) is 0 Å². The van der Waals surface area contributed by atoms with Crippen LogP contribution in [0.15, 0.2) is 24.5 Å². The van der Waals surface area contributed by atoms with Crippen molar-refractivity contribution in [2.75, 3.05) is 13.1 Å². The van der Waals surface area contributed by atoms with Crippen LogP contribution in [0.1, 0.15) is 12.5 Å². The van der Waals surface area contributed by atoms with E-state index in [1.165, 1.54) is 6.92 Å². The van der Waals surface area contributed by atoms with E-state index in [2.05, 4.69) is 15.6 Å². The third-order valence-electron chi connectivity index (χ3n) is 2.98. The van der Waals surface area contributed by atoms with Gasteiger partial charge in [-0.1, -0.05) is 6.07 Å². The summed E-state index contributed by atoms with van der Waals surface area (Å²) >= 11 is 0. The van der Waals surface area contributed by atoms with Crippen LogP contribution in [-0.4, -0.2) is 34.5 Å². The van der Waals surface area contributed by atoms with Gasteiger partial charge in [0.1, 0.15) is 0 Å². The van der Waals surface area contributed by atoms with Gasteiger partial charge < -0.3 is 15.2 Å². The summed E-state index contributed by atoms with van der Waals surface area (Å²) in [5.74, 6) is -0.162. The fourth-order valence-corrected chi connectivity index (χ4v) is 1.98. The van der Waals surface area contributed by atoms with Crippen LogP contribution >= 0.6 is 0 Å². The van der Waals surface area contributed by atoms with Crippen molar-refractivity contribution in [2.24, 2.45) is 7.05 Å². The first kappa shape index (κ1) is 14.0. The molecule has 6 nitrogen and oxygen atoms in total. The molecule has 0 bridgehead atoms. The Labute approximate surface area is 117 Å². The number of carbonyl (C=O) groups is 2. The molecule has 1 aromatic carbocycles. The van der Waals surface area contributed by atoms with Crippen molar-refractivity contribution in [1.82, 2.24) is 20.2 Å². The maximum Gasteiger partial charge on any atom is 0.224 e. The molecule has 2 amide bonds. The van der Waals surface area contributed by atoms with E-state index < -0.39 is 0 Å². The van der Waals surface area contributed by atoms with E-state index in [1.54, 1.807) is 6.33 Å². The molecule has 1 aromatic heterocycles. The van der Waals surface area contributed by atoms with E-state index in [-0.39, 0.29) is 11.8 Å². The average Bonchev–Trinajstić information content (AvgIpc) is 2.76. The topological polar surface area (TPSA) is 76.0 Å². The summed E-state index contributed by atoms with van der Waals surface area (Å²) in [4.78, 5) is 26.7. The average molecular weight is 274 g/mol. The Morgan fingerprint density at radius 2 is 2.00 bits per heavy atom. The highest BCUT2D eigenvalue weighted by Gasteiger charge is 2.05. The minimum atomic E-state index is -0.0974. The molecule has 2 N–H and O–H groups in total. The minimum Gasteiger partial charge on any atom is -0.355 e. The fourth-order valence-electron chi connectivity index (χ4n) is 1.98. The smallest absolute Gasteiger partial charge is 0.224 e. The van der Waals surface area contributed by atoms with Crippen LogP contribution in [0.4, 0.5) is 0 Å². The summed E-state index contributed by atoms with van der Waals surface area (Å²) in [5.41, 5.74) is 2.85. The number of hydrogen-bond acceptors (Lipinski definition) is 3. The van der Waals surface area contributed by atoms with E-state index in [9.17, 15) is 9.59 Å². The number of nitrogens with zero attached hydrogens (tertiary/aromatic N) is 2. The van der Waals surface area contributed by atoms with Crippen molar-refractivity contribution in [2.45, 2.75) is 13.3 Å². The second-order valence-corrected chi connectivity index (χ2v) is 4.69. The van der Waals surface area contributed by atoms with Crippen LogP contribution in [0.5, 0.6) is 0 Å². The predicted octanol–water partition coefficient (Wildman–Crippen LogP) is 0.368. The normalized spacial score (nSPS) is 10.5. The standard InChI is InChI=1S/C14H18N4O2/c1-10(19)15-5-6-16-14(20)8-11-3-4-13-12(7-11)17-9-18(13)2/h3-4,7,9H,5-6,8H2,1-2H3,(H,15,19)(H,16,20). The summed E-state index contributed by atoms with van der Waals surface area (Å²) in [5, 5.41) is 5.39. The van der Waals surface area contributed by atoms with Crippen molar-refractivity contribution in [1.29, 1.82) is 0 Å². The molecule has 106 valence electrons. The van der Waals surface area contributed by atoms with E-state index in [0.717, 1.165) is 16.6 Å². The van der Waals surface area contributed by atoms with Crippen molar-refractivity contribution in [3.63, 3.8) is 0 Å². The SMILES string of the molecule is CC(=O)NCCNC(=O)Cc1ccc2c(c1)ncn2C. The Kier molecular flexibility index (Phi) is 4.34. The lowest BCUT2D eigenvalue weighted by molar-refractivity contribution is -0.121. The molecule has 1 heterocycles. The van der Waals surface area contributed by atoms with Gasteiger partial charge in [-0.05, 0) is 17.7 Å². The molecule has 2 rings (SSSR count). The van der Waals surface area contributed by atoms with Gasteiger partial charge in [0.2, 0.25) is 11.8 Å². The van der Waals surface area contributed by atoms with Crippen LogP contribution in [0, 0.1) is 0 Å². The molecular weight excluding hydrogens is 256 g/mol. The number of fused-ring (bicyclic) bond motifs is 1. The van der Waals surface area contributed by atoms with Gasteiger partial charge in [0.15, 0.2) is 0 Å². The molecule has 0 saturated carbocycles. The predicted molar refractivity (Wildman–Crippen MR) is 76.1 cm³/mol. The third-order valence-corrected chi connectivity index (χ3v) is 2.98. The molecule has 0 saturated heterocycles. The third kappa shape index (κ3) is 3.57. The van der Waals surface area contributed by atoms with Crippen LogP contribution in [0.2, 0.25) is 0 Å². The highest BCUT2D eigenvalue weighted by molar-refractivity contribution is 5.81. The fraction of sp³-hybridized carbons (Fsp3) is 0.357. The van der Waals surface area contributed by atoms with Gasteiger partial charge >= 0.3 is 0 Å². The number of rotatable bonds is 5. The molecule has 0 atom stereocenters. The lowest BCUT2D eigenvalue weighted by atomic mass is 10.1. The molecule has 0 fully saturated rings. The Hall–Kier alpha value is -2.37. The summed E-state index contributed by atoms with van der Waals surface area (Å²) in [6, 6.07) is 5.81. The Bertz CT molecular complexity index is 633. The molecule has 0 unspecified atom stereocenters. The minimum absolute atomic E-state index is 0.0642. The number of aromatic nitrogens is 2. The molecule has 6 heteroatoms. The number of nitrogens with one attached hydrogen (secondary N) is 2. The first-order valence-corrected chi connectivity index (χ1v) is 6.47. The molecule has 2 aromatic rings. The largest absolute Gasteiger partial charge is 0.355 e. The highest BCUT2D eigenvalue weighted by Crippen LogP contribution is 2.14. The van der Waals surface area contributed by atoms with Gasteiger partial charge in [0, 0.05) is 27.1 Å². The van der Waals surface area contributed by atoms with Crippen molar-refractivity contribution in [3.05, 3.63) is 30.1 Å². The van der Waals surface area contributed by atoms with Gasteiger partial charge in [-0.25, -0.2) is 4.98 Å². The van der Waals surface area contributed by atoms with E-state index in [1.807, 2.05) is 29.8 Å². The number of amides is 2. The van der Waals surface area contributed by atoms with E-state index in [0.29, 0.717) is 19.5 Å². The van der Waals surface area contributed by atoms with Crippen LogP contribution < -0.4 is 10.6 Å². The molecular formula is C14H18N4O2. The van der Waals surface area contributed by atoms with Crippen LogP contribution in [0.3, 0.4) is 0 Å². The molecule has 0 aliphatic heterocycles. The number of benzene rings is 1. The first-order chi connectivity index (χ1) is 9.56. The number of carbonyl (C=O) groups excluding carboxylic acids is 2. The summed E-state index contributed by atoms with van der Waals surface area (Å²) < 4.78 is 1.94. The number of aryl methyl sites for hydroxylation is 1. The summed E-state index contributed by atoms with van der Waals surface area (Å²) in [7, 11) is 1.93. The zero-order valence-electron chi connectivity index (χ0n) is 11.6. The second kappa shape index (κ2) is 6.18. The van der Waals surface area contributed by atoms with Gasteiger partial charge in [0.25, 0.3) is 0 Å². The lowest BCUT2D eigenvalue weighted by Crippen LogP contribution is -2.34. The Balaban J connectivity index is 1.87. The summed E-state index contributed by atoms with van der Waals surface area (Å²) in [6.45, 7) is 2.33. The number of imidazole rings is 1. The Morgan fingerprint density at radius 3 is 2.75 bits per heavy atom. The van der Waals surface area contributed by atoms with Gasteiger partial charge in [-0.15, -0.1) is 0 Å². The zero-order chi connectivity index (χ0) is 14.5.